The number of benzene rings is 3. The van der Waals surface area contributed by atoms with E-state index in [1.807, 2.05) is 48.5 Å². The zero-order valence-electron chi connectivity index (χ0n) is 19.6. The summed E-state index contributed by atoms with van der Waals surface area (Å²) in [7, 11) is 2.06. The molecule has 1 saturated carbocycles. The van der Waals surface area contributed by atoms with Crippen LogP contribution < -0.4 is 5.32 Å². The summed E-state index contributed by atoms with van der Waals surface area (Å²) in [5.41, 5.74) is 4.40. The molecule has 1 aliphatic rings. The van der Waals surface area contributed by atoms with Gasteiger partial charge in [0.2, 0.25) is 0 Å². The maximum Gasteiger partial charge on any atom is 0.150 e. The van der Waals surface area contributed by atoms with Crippen molar-refractivity contribution in [3.05, 3.63) is 101 Å². The molecule has 0 aliphatic heterocycles. The summed E-state index contributed by atoms with van der Waals surface area (Å²) in [6.45, 7) is 4.90. The number of hydrogen-bond acceptors (Lipinski definition) is 4. The monoisotopic (exact) mass is 440 g/mol. The molecule has 0 bridgehead atoms. The molecule has 4 nitrogen and oxygen atoms in total. The van der Waals surface area contributed by atoms with E-state index in [2.05, 4.69) is 49.3 Å². The molecule has 4 rings (SSSR count). The average Bonchev–Trinajstić information content (AvgIpc) is 3.66. The molecule has 1 aliphatic carbocycles. The highest BCUT2D eigenvalue weighted by Gasteiger charge is 2.47. The first-order valence-electron chi connectivity index (χ1n) is 11.5. The number of hydrogen-bond donors (Lipinski definition) is 2. The number of nitrogens with one attached hydrogen (secondary N) is 1. The maximum absolute atomic E-state index is 12.8. The van der Waals surface area contributed by atoms with Crippen LogP contribution in [0.1, 0.15) is 37.8 Å². The van der Waals surface area contributed by atoms with Crippen molar-refractivity contribution >= 4 is 6.29 Å². The highest BCUT2D eigenvalue weighted by atomic mass is 16.3. The Balaban J connectivity index is 1.70. The number of nitrogens with zero attached hydrogens (tertiary/aromatic N) is 1. The second kappa shape index (κ2) is 9.53. The Morgan fingerprint density at radius 3 is 2.27 bits per heavy atom. The van der Waals surface area contributed by atoms with E-state index in [4.69, 9.17) is 0 Å². The van der Waals surface area contributed by atoms with Gasteiger partial charge >= 0.3 is 0 Å². The smallest absolute Gasteiger partial charge is 0.150 e. The molecule has 0 amide bonds. The van der Waals surface area contributed by atoms with Gasteiger partial charge in [-0.2, -0.15) is 0 Å². The standard InChI is InChI=1S/C29H32N2O2/c1-21(2)28(31(3)19-22-9-5-4-6-10-22)30-29(20-32,25-15-16-25)26-13-7-11-23(17-26)24-12-8-14-27(33)18-24/h4-14,17-18,20,25,30,33H,15-16,19H2,1-3H3. The Bertz CT molecular complexity index is 1150. The lowest BCUT2D eigenvalue weighted by Crippen LogP contribution is -2.49. The molecule has 3 aromatic carbocycles. The minimum Gasteiger partial charge on any atom is -0.508 e. The van der Waals surface area contributed by atoms with Gasteiger partial charge in [0.25, 0.3) is 0 Å². The molecule has 33 heavy (non-hydrogen) atoms. The molecule has 4 heteroatoms. The van der Waals surface area contributed by atoms with Gasteiger partial charge < -0.3 is 20.1 Å². The first kappa shape index (κ1) is 22.7. The summed E-state index contributed by atoms with van der Waals surface area (Å²) in [5, 5.41) is 13.6. The van der Waals surface area contributed by atoms with Crippen LogP contribution in [0.5, 0.6) is 5.75 Å². The van der Waals surface area contributed by atoms with Crippen molar-refractivity contribution < 1.29 is 9.90 Å². The second-order valence-corrected chi connectivity index (χ2v) is 9.21. The van der Waals surface area contributed by atoms with Crippen LogP contribution in [0.15, 0.2) is 90.3 Å². The summed E-state index contributed by atoms with van der Waals surface area (Å²) in [6, 6.07) is 25.7. The van der Waals surface area contributed by atoms with Crippen LogP contribution in [0.25, 0.3) is 11.1 Å². The van der Waals surface area contributed by atoms with Crippen molar-refractivity contribution in [1.82, 2.24) is 10.2 Å². The van der Waals surface area contributed by atoms with Crippen LogP contribution in [0.4, 0.5) is 0 Å². The van der Waals surface area contributed by atoms with E-state index in [1.54, 1.807) is 12.1 Å². The summed E-state index contributed by atoms with van der Waals surface area (Å²) in [4.78, 5) is 15.0. The van der Waals surface area contributed by atoms with Gasteiger partial charge in [-0.15, -0.1) is 0 Å². The number of aromatic hydroxyl groups is 1. The van der Waals surface area contributed by atoms with Crippen molar-refractivity contribution in [2.45, 2.75) is 38.8 Å². The number of phenols is 1. The maximum atomic E-state index is 12.8. The van der Waals surface area contributed by atoms with Gasteiger partial charge in [-0.05, 0) is 78.6 Å². The van der Waals surface area contributed by atoms with Crippen LogP contribution in [0.3, 0.4) is 0 Å². The van der Waals surface area contributed by atoms with E-state index in [-0.39, 0.29) is 11.7 Å². The SMILES string of the molecule is CC(C)=C(NC(C=O)(c1cccc(-c2cccc(O)c2)c1)C1CC1)N(C)Cc1ccccc1. The fraction of sp³-hybridized carbons (Fsp3) is 0.276. The van der Waals surface area contributed by atoms with Crippen molar-refractivity contribution in [3.63, 3.8) is 0 Å². The summed E-state index contributed by atoms with van der Waals surface area (Å²) >= 11 is 0. The van der Waals surface area contributed by atoms with Crippen LogP contribution in [-0.4, -0.2) is 23.3 Å². The van der Waals surface area contributed by atoms with Crippen LogP contribution >= 0.6 is 0 Å². The molecule has 0 saturated heterocycles. The molecule has 0 radical (unpaired) electrons. The van der Waals surface area contributed by atoms with E-state index in [9.17, 15) is 9.90 Å². The van der Waals surface area contributed by atoms with Gasteiger partial charge in [-0.1, -0.05) is 60.7 Å². The third kappa shape index (κ3) is 4.95. The molecule has 0 aromatic heterocycles. The molecule has 0 heterocycles. The molecule has 3 aromatic rings. The first-order chi connectivity index (χ1) is 15.9. The van der Waals surface area contributed by atoms with E-state index >= 15 is 0 Å². The zero-order valence-corrected chi connectivity index (χ0v) is 19.6. The first-order valence-corrected chi connectivity index (χ1v) is 11.5. The summed E-state index contributed by atoms with van der Waals surface area (Å²) < 4.78 is 0. The lowest BCUT2D eigenvalue weighted by Gasteiger charge is -2.37. The van der Waals surface area contributed by atoms with Gasteiger partial charge in [0.15, 0.2) is 0 Å². The molecule has 1 fully saturated rings. The minimum absolute atomic E-state index is 0.231. The largest absolute Gasteiger partial charge is 0.508 e. The molecular weight excluding hydrogens is 408 g/mol. The zero-order chi connectivity index (χ0) is 23.4. The topological polar surface area (TPSA) is 52.6 Å². The molecule has 1 atom stereocenters. The van der Waals surface area contributed by atoms with Gasteiger partial charge in [-0.3, -0.25) is 0 Å². The van der Waals surface area contributed by atoms with Crippen LogP contribution in [0.2, 0.25) is 0 Å². The fourth-order valence-corrected chi connectivity index (χ4v) is 4.52. The molecule has 2 N–H and O–H groups in total. The quantitative estimate of drug-likeness (QED) is 0.411. The summed E-state index contributed by atoms with van der Waals surface area (Å²) in [5.74, 6) is 1.45. The Morgan fingerprint density at radius 2 is 1.67 bits per heavy atom. The normalized spacial score (nSPS) is 14.8. The lowest BCUT2D eigenvalue weighted by atomic mass is 9.84. The van der Waals surface area contributed by atoms with Crippen molar-refractivity contribution in [3.8, 4) is 16.9 Å². The van der Waals surface area contributed by atoms with E-state index in [0.29, 0.717) is 0 Å². The average molecular weight is 441 g/mol. The van der Waals surface area contributed by atoms with Gasteiger partial charge in [0.05, 0.1) is 0 Å². The van der Waals surface area contributed by atoms with E-state index in [0.717, 1.165) is 53.8 Å². The Labute approximate surface area is 196 Å². The van der Waals surface area contributed by atoms with E-state index in [1.165, 1.54) is 5.56 Å². The van der Waals surface area contributed by atoms with Crippen molar-refractivity contribution in [1.29, 1.82) is 0 Å². The summed E-state index contributed by atoms with van der Waals surface area (Å²) in [6.07, 6.45) is 3.12. The molecule has 0 spiro atoms. The predicted molar refractivity (Wildman–Crippen MR) is 133 cm³/mol. The predicted octanol–water partition coefficient (Wildman–Crippen LogP) is 5.84. The van der Waals surface area contributed by atoms with Crippen molar-refractivity contribution in [2.24, 2.45) is 5.92 Å². The fourth-order valence-electron chi connectivity index (χ4n) is 4.52. The third-order valence-electron chi connectivity index (χ3n) is 6.37. The number of allylic oxidation sites excluding steroid dienone is 1. The van der Waals surface area contributed by atoms with Gasteiger partial charge in [0.1, 0.15) is 23.4 Å². The van der Waals surface area contributed by atoms with Gasteiger partial charge in [-0.25, -0.2) is 0 Å². The Hall–Kier alpha value is -3.53. The Kier molecular flexibility index (Phi) is 6.55. The number of carbonyl (C=O) groups excluding carboxylic acids is 1. The highest BCUT2D eigenvalue weighted by Crippen LogP contribution is 2.46. The molecular formula is C29H32N2O2. The van der Waals surface area contributed by atoms with Crippen molar-refractivity contribution in [2.75, 3.05) is 7.05 Å². The Morgan fingerprint density at radius 1 is 1.00 bits per heavy atom. The number of aldehydes is 1. The van der Waals surface area contributed by atoms with Gasteiger partial charge in [0, 0.05) is 13.6 Å². The van der Waals surface area contributed by atoms with E-state index < -0.39 is 5.54 Å². The number of phenolic OH excluding ortho intramolecular Hbond substituents is 1. The molecule has 1 unspecified atom stereocenters. The number of rotatable bonds is 9. The highest BCUT2D eigenvalue weighted by molar-refractivity contribution is 5.73. The molecule has 170 valence electrons. The van der Waals surface area contributed by atoms with Crippen LogP contribution in [-0.2, 0) is 16.9 Å². The number of carbonyl (C=O) groups is 1. The van der Waals surface area contributed by atoms with Crippen LogP contribution in [0, 0.1) is 5.92 Å². The minimum atomic E-state index is -0.801. The lowest BCUT2D eigenvalue weighted by molar-refractivity contribution is -0.114. The third-order valence-corrected chi connectivity index (χ3v) is 6.37. The second-order valence-electron chi connectivity index (χ2n) is 9.21.